The molecule has 0 unspecified atom stereocenters. The van der Waals surface area contributed by atoms with Gasteiger partial charge in [-0.1, -0.05) is 37.5 Å². The molecule has 1 fully saturated rings. The summed E-state index contributed by atoms with van der Waals surface area (Å²) in [6, 6.07) is 13.4. The Bertz CT molecular complexity index is 898. The van der Waals surface area contributed by atoms with E-state index in [9.17, 15) is 4.79 Å². The van der Waals surface area contributed by atoms with Crippen molar-refractivity contribution in [2.45, 2.75) is 38.1 Å². The van der Waals surface area contributed by atoms with Crippen molar-refractivity contribution in [1.29, 1.82) is 0 Å². The zero-order valence-corrected chi connectivity index (χ0v) is 13.5. The molecule has 5 heteroatoms. The van der Waals surface area contributed by atoms with Gasteiger partial charge >= 0.3 is 0 Å². The van der Waals surface area contributed by atoms with Gasteiger partial charge in [0.2, 0.25) is 5.95 Å². The summed E-state index contributed by atoms with van der Waals surface area (Å²) in [6.07, 6.45) is 7.90. The molecule has 1 aliphatic rings. The summed E-state index contributed by atoms with van der Waals surface area (Å²) in [6.45, 7) is 0. The van der Waals surface area contributed by atoms with E-state index in [0.29, 0.717) is 17.6 Å². The molecule has 24 heavy (non-hydrogen) atoms. The maximum Gasteiger partial charge on any atom is 0.256 e. The Hall–Kier alpha value is -2.69. The van der Waals surface area contributed by atoms with Crippen LogP contribution < -0.4 is 10.9 Å². The van der Waals surface area contributed by atoms with Crippen molar-refractivity contribution in [3.63, 3.8) is 0 Å². The molecular formula is C19H20N4O. The van der Waals surface area contributed by atoms with Gasteiger partial charge in [0.25, 0.3) is 5.56 Å². The average molecular weight is 320 g/mol. The van der Waals surface area contributed by atoms with Crippen LogP contribution in [0.5, 0.6) is 0 Å². The summed E-state index contributed by atoms with van der Waals surface area (Å²) in [5.74, 6) is 0.602. The third-order valence-electron chi connectivity index (χ3n) is 4.59. The van der Waals surface area contributed by atoms with Crippen molar-refractivity contribution in [2.24, 2.45) is 0 Å². The van der Waals surface area contributed by atoms with Gasteiger partial charge in [0.05, 0.1) is 5.69 Å². The lowest BCUT2D eigenvalue weighted by atomic mass is 9.96. The third-order valence-corrected chi connectivity index (χ3v) is 4.59. The summed E-state index contributed by atoms with van der Waals surface area (Å²) in [5.41, 5.74) is 1.37. The molecule has 0 atom stereocenters. The molecule has 0 saturated heterocycles. The Balaban J connectivity index is 1.78. The highest BCUT2D eigenvalue weighted by Gasteiger charge is 2.15. The van der Waals surface area contributed by atoms with E-state index in [1.165, 1.54) is 19.3 Å². The summed E-state index contributed by atoms with van der Waals surface area (Å²) in [7, 11) is 0. The molecule has 1 aromatic carbocycles. The first-order valence-corrected chi connectivity index (χ1v) is 8.52. The van der Waals surface area contributed by atoms with Crippen molar-refractivity contribution in [3.05, 3.63) is 59.0 Å². The third kappa shape index (κ3) is 2.89. The summed E-state index contributed by atoms with van der Waals surface area (Å²) in [4.78, 5) is 21.5. The molecule has 2 aromatic heterocycles. The molecule has 0 amide bonds. The molecule has 2 heterocycles. The Kier molecular flexibility index (Phi) is 3.99. The molecule has 3 aromatic rings. The largest absolute Gasteiger partial charge is 0.351 e. The van der Waals surface area contributed by atoms with Crippen LogP contribution in [-0.2, 0) is 0 Å². The molecule has 5 nitrogen and oxygen atoms in total. The number of fused-ring (bicyclic) bond motifs is 1. The van der Waals surface area contributed by atoms with Crippen LogP contribution in [0, 0.1) is 0 Å². The molecule has 1 aliphatic carbocycles. The minimum Gasteiger partial charge on any atom is -0.351 e. The van der Waals surface area contributed by atoms with E-state index < -0.39 is 0 Å². The van der Waals surface area contributed by atoms with Gasteiger partial charge in [0.1, 0.15) is 0 Å². The first kappa shape index (κ1) is 14.9. The minimum atomic E-state index is -0.0870. The monoisotopic (exact) mass is 320 g/mol. The number of anilines is 1. The second-order valence-electron chi connectivity index (χ2n) is 6.29. The van der Waals surface area contributed by atoms with Crippen LogP contribution in [0.4, 0.5) is 5.95 Å². The van der Waals surface area contributed by atoms with Crippen molar-refractivity contribution < 1.29 is 0 Å². The molecule has 0 bridgehead atoms. The number of hydrogen-bond donors (Lipinski definition) is 1. The Morgan fingerprint density at radius 2 is 1.79 bits per heavy atom. The van der Waals surface area contributed by atoms with Gasteiger partial charge in [-0.25, -0.2) is 4.98 Å². The first-order chi connectivity index (χ1) is 11.8. The van der Waals surface area contributed by atoms with E-state index in [-0.39, 0.29) is 5.56 Å². The smallest absolute Gasteiger partial charge is 0.256 e. The molecule has 122 valence electrons. The second-order valence-corrected chi connectivity index (χ2v) is 6.29. The number of nitrogens with one attached hydrogen (secondary N) is 1. The van der Waals surface area contributed by atoms with Crippen LogP contribution >= 0.6 is 0 Å². The average Bonchev–Trinajstić information content (AvgIpc) is 2.63. The van der Waals surface area contributed by atoms with Crippen LogP contribution in [-0.4, -0.2) is 20.6 Å². The van der Waals surface area contributed by atoms with Crippen LogP contribution in [0.1, 0.15) is 32.1 Å². The lowest BCUT2D eigenvalue weighted by Crippen LogP contribution is -2.24. The highest BCUT2D eigenvalue weighted by molar-refractivity contribution is 5.76. The van der Waals surface area contributed by atoms with Gasteiger partial charge in [0, 0.05) is 23.7 Å². The maximum absolute atomic E-state index is 12.4. The number of hydrogen-bond acceptors (Lipinski definition) is 4. The summed E-state index contributed by atoms with van der Waals surface area (Å²) < 4.78 is 1.64. The summed E-state index contributed by atoms with van der Waals surface area (Å²) in [5, 5.41) is 4.29. The fourth-order valence-corrected chi connectivity index (χ4v) is 3.34. The maximum atomic E-state index is 12.4. The number of aromatic nitrogens is 3. The number of rotatable bonds is 3. The lowest BCUT2D eigenvalue weighted by molar-refractivity contribution is 0.461. The molecule has 0 radical (unpaired) electrons. The Morgan fingerprint density at radius 1 is 1.00 bits per heavy atom. The van der Waals surface area contributed by atoms with Gasteiger partial charge in [-0.3, -0.25) is 9.36 Å². The number of pyridine rings is 1. The Labute approximate surface area is 140 Å². The zero-order valence-electron chi connectivity index (χ0n) is 13.5. The van der Waals surface area contributed by atoms with E-state index in [2.05, 4.69) is 15.3 Å². The standard InChI is InChI=1S/C19H20N4O/c24-17-12-11-14-13-20-19(21-15-7-3-1-4-8-15)22-18(14)23(17)16-9-5-2-6-10-16/h2,5-6,9-13,15H,1,3-4,7-8H2,(H,20,21,22). The number of para-hydroxylation sites is 1. The molecule has 0 aliphatic heterocycles. The molecule has 1 saturated carbocycles. The quantitative estimate of drug-likeness (QED) is 0.802. The van der Waals surface area contributed by atoms with E-state index in [0.717, 1.165) is 23.9 Å². The van der Waals surface area contributed by atoms with Crippen molar-refractivity contribution in [1.82, 2.24) is 14.5 Å². The molecule has 4 rings (SSSR count). The van der Waals surface area contributed by atoms with Crippen molar-refractivity contribution >= 4 is 17.0 Å². The van der Waals surface area contributed by atoms with Crippen LogP contribution in [0.3, 0.4) is 0 Å². The predicted octanol–water partition coefficient (Wildman–Crippen LogP) is 3.53. The van der Waals surface area contributed by atoms with Gasteiger partial charge in [-0.15, -0.1) is 0 Å². The van der Waals surface area contributed by atoms with E-state index >= 15 is 0 Å². The molecule has 1 N–H and O–H groups in total. The fourth-order valence-electron chi connectivity index (χ4n) is 3.34. The van der Waals surface area contributed by atoms with Crippen molar-refractivity contribution in [3.8, 4) is 5.69 Å². The van der Waals surface area contributed by atoms with Gasteiger partial charge in [-0.2, -0.15) is 4.98 Å². The normalized spacial score (nSPS) is 15.5. The van der Waals surface area contributed by atoms with E-state index in [4.69, 9.17) is 0 Å². The number of benzene rings is 1. The highest BCUT2D eigenvalue weighted by atomic mass is 16.1. The first-order valence-electron chi connectivity index (χ1n) is 8.52. The van der Waals surface area contributed by atoms with Gasteiger partial charge in [0.15, 0.2) is 5.65 Å². The Morgan fingerprint density at radius 3 is 2.58 bits per heavy atom. The van der Waals surface area contributed by atoms with Crippen LogP contribution in [0.2, 0.25) is 0 Å². The topological polar surface area (TPSA) is 59.8 Å². The minimum absolute atomic E-state index is 0.0870. The predicted molar refractivity (Wildman–Crippen MR) is 95.6 cm³/mol. The fraction of sp³-hybridized carbons (Fsp3) is 0.316. The van der Waals surface area contributed by atoms with Crippen LogP contribution in [0.15, 0.2) is 53.5 Å². The summed E-state index contributed by atoms with van der Waals surface area (Å²) >= 11 is 0. The van der Waals surface area contributed by atoms with Crippen molar-refractivity contribution in [2.75, 3.05) is 5.32 Å². The highest BCUT2D eigenvalue weighted by Crippen LogP contribution is 2.21. The van der Waals surface area contributed by atoms with Crippen LogP contribution in [0.25, 0.3) is 16.7 Å². The SMILES string of the molecule is O=c1ccc2cnc(NC3CCCCC3)nc2n1-c1ccccc1. The second kappa shape index (κ2) is 6.43. The zero-order chi connectivity index (χ0) is 16.4. The van der Waals surface area contributed by atoms with E-state index in [1.807, 2.05) is 30.3 Å². The number of nitrogens with zero attached hydrogens (tertiary/aromatic N) is 3. The molecular weight excluding hydrogens is 300 g/mol. The van der Waals surface area contributed by atoms with Gasteiger partial charge in [-0.05, 0) is 31.0 Å². The van der Waals surface area contributed by atoms with Gasteiger partial charge < -0.3 is 5.32 Å². The molecule has 0 spiro atoms. The van der Waals surface area contributed by atoms with E-state index in [1.54, 1.807) is 22.9 Å². The lowest BCUT2D eigenvalue weighted by Gasteiger charge is -2.22.